The molecule has 1 saturated heterocycles. The second-order valence-corrected chi connectivity index (χ2v) is 7.73. The normalized spacial score (nSPS) is 16.6. The molecule has 1 atom stereocenters. The number of ether oxygens (including phenoxy) is 1. The quantitative estimate of drug-likeness (QED) is 0.507. The molecule has 2 aromatic heterocycles. The zero-order chi connectivity index (χ0) is 25.9. The Kier molecular flexibility index (Phi) is 6.97. The average molecular weight is 511 g/mol. The summed E-state index contributed by atoms with van der Waals surface area (Å²) in [6, 6.07) is 8.31. The number of hydrogen-bond acceptors (Lipinski definition) is 7. The maximum Gasteiger partial charge on any atom is 0.471 e. The summed E-state index contributed by atoms with van der Waals surface area (Å²) in [7, 11) is 0. The van der Waals surface area contributed by atoms with Gasteiger partial charge in [0.25, 0.3) is 11.8 Å². The SMILES string of the molecule is O=C(NC[C@H]1COCCN1C(=O)C(F)(F)c1ccccc1)c1ccc(-c2noc(C(F)(F)F)n2)cn1. The standard InChI is InChI=1S/C22H18F5N5O4/c23-21(24,14-4-2-1-3-5-14)20(34)32-8-9-35-12-15(32)11-29-18(33)16-7-6-13(10-28-16)17-30-19(36-31-17)22(25,26)27/h1-7,10,15H,8-9,11-12H2,(H,29,33)/t15-/m0/s1. The van der Waals surface area contributed by atoms with Gasteiger partial charge in [0, 0.05) is 30.4 Å². The van der Waals surface area contributed by atoms with Gasteiger partial charge in [-0.1, -0.05) is 35.5 Å². The van der Waals surface area contributed by atoms with Gasteiger partial charge in [-0.2, -0.15) is 26.9 Å². The van der Waals surface area contributed by atoms with Crippen molar-refractivity contribution in [2.45, 2.75) is 18.1 Å². The van der Waals surface area contributed by atoms with Crippen LogP contribution in [0.2, 0.25) is 0 Å². The molecule has 0 saturated carbocycles. The van der Waals surface area contributed by atoms with Gasteiger partial charge >= 0.3 is 18.0 Å². The molecular formula is C22H18F5N5O4. The number of amides is 2. The highest BCUT2D eigenvalue weighted by Crippen LogP contribution is 2.31. The van der Waals surface area contributed by atoms with Crippen LogP contribution in [0.3, 0.4) is 0 Å². The van der Waals surface area contributed by atoms with Gasteiger partial charge in [0.15, 0.2) is 0 Å². The lowest BCUT2D eigenvalue weighted by atomic mass is 10.1. The van der Waals surface area contributed by atoms with Crippen LogP contribution < -0.4 is 5.32 Å². The first kappa shape index (κ1) is 25.2. The summed E-state index contributed by atoms with van der Waals surface area (Å²) in [5.74, 6) is -7.75. The molecule has 14 heteroatoms. The maximum atomic E-state index is 14.8. The number of morpholine rings is 1. The Bertz CT molecular complexity index is 1220. The zero-order valence-corrected chi connectivity index (χ0v) is 18.3. The molecule has 36 heavy (non-hydrogen) atoms. The number of carbonyl (C=O) groups is 2. The maximum absolute atomic E-state index is 14.8. The van der Waals surface area contributed by atoms with Gasteiger partial charge in [0.2, 0.25) is 5.82 Å². The topological polar surface area (TPSA) is 110 Å². The van der Waals surface area contributed by atoms with Crippen LogP contribution in [0.5, 0.6) is 0 Å². The molecule has 190 valence electrons. The molecule has 3 heterocycles. The molecule has 1 fully saturated rings. The Morgan fingerprint density at radius 2 is 1.83 bits per heavy atom. The number of hydrogen-bond donors (Lipinski definition) is 1. The van der Waals surface area contributed by atoms with Crippen molar-refractivity contribution in [3.63, 3.8) is 0 Å². The van der Waals surface area contributed by atoms with Crippen molar-refractivity contribution in [3.05, 3.63) is 65.8 Å². The second-order valence-electron chi connectivity index (χ2n) is 7.73. The van der Waals surface area contributed by atoms with Gasteiger partial charge in [-0.15, -0.1) is 0 Å². The first-order valence-corrected chi connectivity index (χ1v) is 10.5. The summed E-state index contributed by atoms with van der Waals surface area (Å²) in [5, 5.41) is 5.74. The minimum absolute atomic E-state index is 0.0657. The van der Waals surface area contributed by atoms with Crippen molar-refractivity contribution in [1.82, 2.24) is 25.3 Å². The predicted octanol–water partition coefficient (Wildman–Crippen LogP) is 2.90. The van der Waals surface area contributed by atoms with E-state index in [1.54, 1.807) is 6.07 Å². The van der Waals surface area contributed by atoms with Gasteiger partial charge in [-0.05, 0) is 12.1 Å². The summed E-state index contributed by atoms with van der Waals surface area (Å²) >= 11 is 0. The number of halogens is 5. The number of nitrogens with one attached hydrogen (secondary N) is 1. The molecule has 1 N–H and O–H groups in total. The summed E-state index contributed by atoms with van der Waals surface area (Å²) in [6.07, 6.45) is -3.72. The molecule has 0 radical (unpaired) electrons. The number of aromatic nitrogens is 3. The van der Waals surface area contributed by atoms with E-state index in [1.165, 1.54) is 24.3 Å². The number of benzene rings is 1. The first-order chi connectivity index (χ1) is 17.1. The van der Waals surface area contributed by atoms with Crippen LogP contribution in [0, 0.1) is 0 Å². The van der Waals surface area contributed by atoms with Crippen molar-refractivity contribution < 1.29 is 40.8 Å². The van der Waals surface area contributed by atoms with Gasteiger partial charge in [0.05, 0.1) is 19.3 Å². The lowest BCUT2D eigenvalue weighted by Crippen LogP contribution is -2.56. The molecule has 3 aromatic rings. The number of pyridine rings is 1. The minimum Gasteiger partial charge on any atom is -0.377 e. The van der Waals surface area contributed by atoms with Crippen molar-refractivity contribution in [3.8, 4) is 11.4 Å². The van der Waals surface area contributed by atoms with Crippen LogP contribution in [-0.2, 0) is 21.6 Å². The summed E-state index contributed by atoms with van der Waals surface area (Å²) in [5.41, 5.74) is -0.480. The van der Waals surface area contributed by atoms with Crippen molar-refractivity contribution >= 4 is 11.8 Å². The average Bonchev–Trinajstić information content (AvgIpc) is 3.39. The van der Waals surface area contributed by atoms with Crippen LogP contribution in [0.4, 0.5) is 22.0 Å². The Morgan fingerprint density at radius 3 is 2.47 bits per heavy atom. The third-order valence-corrected chi connectivity index (χ3v) is 5.31. The molecule has 9 nitrogen and oxygen atoms in total. The number of nitrogens with zero attached hydrogens (tertiary/aromatic N) is 4. The molecular weight excluding hydrogens is 493 g/mol. The zero-order valence-electron chi connectivity index (χ0n) is 18.3. The highest BCUT2D eigenvalue weighted by Gasteiger charge is 2.46. The first-order valence-electron chi connectivity index (χ1n) is 10.5. The van der Waals surface area contributed by atoms with Crippen LogP contribution in [0.1, 0.15) is 21.9 Å². The summed E-state index contributed by atoms with van der Waals surface area (Å²) in [4.78, 5) is 33.3. The number of alkyl halides is 5. The summed E-state index contributed by atoms with van der Waals surface area (Å²) in [6.45, 7) is -0.281. The molecule has 1 aliphatic rings. The molecule has 1 aromatic carbocycles. The Morgan fingerprint density at radius 1 is 1.08 bits per heavy atom. The van der Waals surface area contributed by atoms with Crippen LogP contribution >= 0.6 is 0 Å². The molecule has 0 unspecified atom stereocenters. The van der Waals surface area contributed by atoms with E-state index in [0.717, 1.165) is 23.2 Å². The Balaban J connectivity index is 1.40. The van der Waals surface area contributed by atoms with Gasteiger partial charge < -0.3 is 19.5 Å². The highest BCUT2D eigenvalue weighted by molar-refractivity contribution is 5.92. The molecule has 2 amide bonds. The van der Waals surface area contributed by atoms with Crippen molar-refractivity contribution in [1.29, 1.82) is 0 Å². The third-order valence-electron chi connectivity index (χ3n) is 5.31. The molecule has 0 bridgehead atoms. The lowest BCUT2D eigenvalue weighted by molar-refractivity contribution is -0.167. The second kappa shape index (κ2) is 9.97. The smallest absolute Gasteiger partial charge is 0.377 e. The van der Waals surface area contributed by atoms with E-state index in [1.807, 2.05) is 0 Å². The highest BCUT2D eigenvalue weighted by atomic mass is 19.4. The van der Waals surface area contributed by atoms with Crippen molar-refractivity contribution in [2.75, 3.05) is 26.3 Å². The molecule has 0 aliphatic carbocycles. The third kappa shape index (κ3) is 5.32. The molecule has 1 aliphatic heterocycles. The fraction of sp³-hybridized carbons (Fsp3) is 0.318. The van der Waals surface area contributed by atoms with Gasteiger partial charge in [-0.25, -0.2) is 0 Å². The fourth-order valence-corrected chi connectivity index (χ4v) is 3.46. The molecule has 4 rings (SSSR count). The van der Waals surface area contributed by atoms with E-state index in [9.17, 15) is 31.5 Å². The Hall–Kier alpha value is -3.94. The van der Waals surface area contributed by atoms with Crippen molar-refractivity contribution in [2.24, 2.45) is 0 Å². The van der Waals surface area contributed by atoms with E-state index < -0.39 is 41.4 Å². The fourth-order valence-electron chi connectivity index (χ4n) is 3.46. The van der Waals surface area contributed by atoms with E-state index in [0.29, 0.717) is 0 Å². The van der Waals surface area contributed by atoms with Gasteiger partial charge in [-0.3, -0.25) is 14.6 Å². The number of rotatable bonds is 6. The monoisotopic (exact) mass is 511 g/mol. The summed E-state index contributed by atoms with van der Waals surface area (Å²) < 4.78 is 76.9. The molecule has 0 spiro atoms. The largest absolute Gasteiger partial charge is 0.471 e. The predicted molar refractivity (Wildman–Crippen MR) is 112 cm³/mol. The van der Waals surface area contributed by atoms with E-state index in [2.05, 4.69) is 25.0 Å². The van der Waals surface area contributed by atoms with Crippen LogP contribution in [-0.4, -0.2) is 64.2 Å². The van der Waals surface area contributed by atoms with E-state index in [4.69, 9.17) is 4.74 Å². The van der Waals surface area contributed by atoms with E-state index in [-0.39, 0.29) is 43.4 Å². The van der Waals surface area contributed by atoms with Crippen LogP contribution in [0.15, 0.2) is 53.2 Å². The van der Waals surface area contributed by atoms with Gasteiger partial charge in [0.1, 0.15) is 5.69 Å². The lowest BCUT2D eigenvalue weighted by Gasteiger charge is -2.37. The number of carbonyl (C=O) groups excluding carboxylic acids is 2. The Labute approximate surface area is 200 Å². The minimum atomic E-state index is -4.80. The van der Waals surface area contributed by atoms with E-state index >= 15 is 0 Å². The van der Waals surface area contributed by atoms with Crippen LogP contribution in [0.25, 0.3) is 11.4 Å².